The van der Waals surface area contributed by atoms with Crippen molar-refractivity contribution in [2.24, 2.45) is 0 Å². The Kier molecular flexibility index (Phi) is 5.86. The highest BCUT2D eigenvalue weighted by atomic mass is 16.5. The second kappa shape index (κ2) is 8.68. The van der Waals surface area contributed by atoms with Crippen LogP contribution in [0.1, 0.15) is 10.5 Å². The van der Waals surface area contributed by atoms with Crippen molar-refractivity contribution in [2.75, 3.05) is 13.7 Å². The maximum Gasteiger partial charge on any atom is 0.325 e. The molecule has 7 nitrogen and oxygen atoms in total. The van der Waals surface area contributed by atoms with E-state index in [1.54, 1.807) is 6.07 Å². The molecule has 0 atom stereocenters. The molecule has 0 fully saturated rings. The van der Waals surface area contributed by atoms with E-state index in [2.05, 4.69) is 15.0 Å². The first-order valence-corrected chi connectivity index (χ1v) is 8.44. The third kappa shape index (κ3) is 4.64. The lowest BCUT2D eigenvalue weighted by Gasteiger charge is -2.09. The van der Waals surface area contributed by atoms with Crippen molar-refractivity contribution >= 4 is 11.9 Å². The summed E-state index contributed by atoms with van der Waals surface area (Å²) in [4.78, 5) is 27.1. The first-order chi connectivity index (χ1) is 13.6. The van der Waals surface area contributed by atoms with Crippen molar-refractivity contribution < 1.29 is 24.2 Å². The van der Waals surface area contributed by atoms with Gasteiger partial charge in [-0.2, -0.15) is 0 Å². The highest BCUT2D eigenvalue weighted by Crippen LogP contribution is 2.29. The number of amides is 1. The van der Waals surface area contributed by atoms with E-state index in [1.807, 2.05) is 48.5 Å². The average Bonchev–Trinajstić information content (AvgIpc) is 2.72. The lowest BCUT2D eigenvalue weighted by Crippen LogP contribution is -2.30. The van der Waals surface area contributed by atoms with Crippen molar-refractivity contribution in [3.63, 3.8) is 0 Å². The Balaban J connectivity index is 1.77. The lowest BCUT2D eigenvalue weighted by molar-refractivity contribution is -0.139. The van der Waals surface area contributed by atoms with E-state index in [9.17, 15) is 14.7 Å². The summed E-state index contributed by atoms with van der Waals surface area (Å²) in [5, 5.41) is 12.5. The molecule has 3 aromatic rings. The summed E-state index contributed by atoms with van der Waals surface area (Å²) in [6.45, 7) is -0.308. The van der Waals surface area contributed by atoms with Crippen molar-refractivity contribution in [1.82, 2.24) is 10.3 Å². The molecule has 7 heteroatoms. The molecule has 2 aromatic carbocycles. The van der Waals surface area contributed by atoms with Crippen LogP contribution in [0.3, 0.4) is 0 Å². The van der Waals surface area contributed by atoms with Gasteiger partial charge in [0, 0.05) is 11.8 Å². The maximum atomic E-state index is 12.0. The first kappa shape index (κ1) is 18.9. The highest BCUT2D eigenvalue weighted by molar-refractivity contribution is 5.96. The summed E-state index contributed by atoms with van der Waals surface area (Å²) in [5.41, 5.74) is 1.20. The maximum absolute atomic E-state index is 12.0. The van der Waals surface area contributed by atoms with E-state index >= 15 is 0 Å². The number of ether oxygens (including phenoxy) is 2. The molecule has 0 unspecified atom stereocenters. The normalized spacial score (nSPS) is 10.2. The SMILES string of the molecule is COC(=O)CNC(=O)c1ncc(-c2cccc(Oc3ccccc3)c2)cc1O. The molecule has 1 heterocycles. The Hall–Kier alpha value is -3.87. The zero-order chi connectivity index (χ0) is 19.9. The number of aromatic nitrogens is 1. The van der Waals surface area contributed by atoms with Crippen molar-refractivity contribution in [3.8, 4) is 28.4 Å². The zero-order valence-electron chi connectivity index (χ0n) is 15.1. The van der Waals surface area contributed by atoms with Gasteiger partial charge in [0.2, 0.25) is 0 Å². The Morgan fingerprint density at radius 2 is 1.75 bits per heavy atom. The van der Waals surface area contributed by atoms with Gasteiger partial charge in [-0.3, -0.25) is 9.59 Å². The molecular formula is C21H18N2O5. The second-order valence-corrected chi connectivity index (χ2v) is 5.79. The summed E-state index contributed by atoms with van der Waals surface area (Å²) in [7, 11) is 1.22. The number of benzene rings is 2. The van der Waals surface area contributed by atoms with Crippen LogP contribution in [0.2, 0.25) is 0 Å². The topological polar surface area (TPSA) is 97.8 Å². The number of methoxy groups -OCH3 is 1. The number of pyridine rings is 1. The summed E-state index contributed by atoms with van der Waals surface area (Å²) in [6, 6.07) is 18.1. The van der Waals surface area contributed by atoms with Gasteiger partial charge in [0.25, 0.3) is 5.91 Å². The number of carbonyl (C=O) groups excluding carboxylic acids is 2. The summed E-state index contributed by atoms with van der Waals surface area (Å²) >= 11 is 0. The minimum atomic E-state index is -0.671. The Morgan fingerprint density at radius 1 is 1.00 bits per heavy atom. The van der Waals surface area contributed by atoms with E-state index in [0.29, 0.717) is 17.1 Å². The van der Waals surface area contributed by atoms with Gasteiger partial charge in [0.1, 0.15) is 23.8 Å². The molecule has 1 aromatic heterocycles. The third-order valence-electron chi connectivity index (χ3n) is 3.85. The molecule has 0 bridgehead atoms. The second-order valence-electron chi connectivity index (χ2n) is 5.79. The number of carbonyl (C=O) groups is 2. The van der Waals surface area contributed by atoms with Gasteiger partial charge in [-0.1, -0.05) is 30.3 Å². The number of hydrogen-bond acceptors (Lipinski definition) is 6. The molecule has 0 aliphatic carbocycles. The summed E-state index contributed by atoms with van der Waals surface area (Å²) < 4.78 is 10.3. The number of nitrogens with one attached hydrogen (secondary N) is 1. The van der Waals surface area contributed by atoms with E-state index in [4.69, 9.17) is 4.74 Å². The van der Waals surface area contributed by atoms with Crippen molar-refractivity contribution in [3.05, 3.63) is 72.6 Å². The molecule has 0 aliphatic heterocycles. The number of rotatable bonds is 6. The number of nitrogens with zero attached hydrogens (tertiary/aromatic N) is 1. The minimum absolute atomic E-state index is 0.177. The summed E-state index contributed by atoms with van der Waals surface area (Å²) in [5.74, 6) is -0.231. The fourth-order valence-electron chi connectivity index (χ4n) is 2.46. The van der Waals surface area contributed by atoms with E-state index < -0.39 is 11.9 Å². The molecule has 28 heavy (non-hydrogen) atoms. The fraction of sp³-hybridized carbons (Fsp3) is 0.0952. The standard InChI is InChI=1S/C21H18N2O5/c1-27-19(25)13-23-21(26)20-18(24)11-15(12-22-20)14-6-5-9-17(10-14)28-16-7-3-2-4-8-16/h2-12,24H,13H2,1H3,(H,23,26). The van der Waals surface area contributed by atoms with Gasteiger partial charge in [0.05, 0.1) is 7.11 Å². The van der Waals surface area contributed by atoms with E-state index in [0.717, 1.165) is 5.56 Å². The van der Waals surface area contributed by atoms with Gasteiger partial charge in [-0.05, 0) is 35.9 Å². The van der Waals surface area contributed by atoms with Crippen LogP contribution in [0.4, 0.5) is 0 Å². The molecule has 3 rings (SSSR count). The van der Waals surface area contributed by atoms with Crippen molar-refractivity contribution in [2.45, 2.75) is 0 Å². The molecular weight excluding hydrogens is 360 g/mol. The molecule has 0 spiro atoms. The van der Waals surface area contributed by atoms with Gasteiger partial charge in [0.15, 0.2) is 5.69 Å². The lowest BCUT2D eigenvalue weighted by atomic mass is 10.1. The molecule has 0 radical (unpaired) electrons. The number of esters is 1. The van der Waals surface area contributed by atoms with Crippen LogP contribution in [-0.2, 0) is 9.53 Å². The van der Waals surface area contributed by atoms with Crippen molar-refractivity contribution in [1.29, 1.82) is 0 Å². The fourth-order valence-corrected chi connectivity index (χ4v) is 2.46. The van der Waals surface area contributed by atoms with Crippen LogP contribution in [0.15, 0.2) is 66.9 Å². The van der Waals surface area contributed by atoms with Crippen LogP contribution in [-0.4, -0.2) is 35.6 Å². The first-order valence-electron chi connectivity index (χ1n) is 8.44. The average molecular weight is 378 g/mol. The Labute approximate surface area is 161 Å². The smallest absolute Gasteiger partial charge is 0.325 e. The van der Waals surface area contributed by atoms with Gasteiger partial charge in [-0.25, -0.2) is 4.98 Å². The van der Waals surface area contributed by atoms with Crippen LogP contribution < -0.4 is 10.1 Å². The highest BCUT2D eigenvalue weighted by Gasteiger charge is 2.15. The Bertz CT molecular complexity index is 989. The van der Waals surface area contributed by atoms with E-state index in [1.165, 1.54) is 19.4 Å². The monoisotopic (exact) mass is 378 g/mol. The minimum Gasteiger partial charge on any atom is -0.505 e. The van der Waals surface area contributed by atoms with Gasteiger partial charge in [-0.15, -0.1) is 0 Å². The predicted octanol–water partition coefficient (Wildman–Crippen LogP) is 3.15. The van der Waals surface area contributed by atoms with Crippen LogP contribution in [0.25, 0.3) is 11.1 Å². The van der Waals surface area contributed by atoms with Gasteiger partial charge >= 0.3 is 5.97 Å². The van der Waals surface area contributed by atoms with E-state index in [-0.39, 0.29) is 18.0 Å². The predicted molar refractivity (Wildman–Crippen MR) is 102 cm³/mol. The molecule has 142 valence electrons. The molecule has 1 amide bonds. The molecule has 0 saturated carbocycles. The third-order valence-corrected chi connectivity index (χ3v) is 3.85. The summed E-state index contributed by atoms with van der Waals surface area (Å²) in [6.07, 6.45) is 1.47. The number of aromatic hydroxyl groups is 1. The molecule has 0 saturated heterocycles. The zero-order valence-corrected chi connectivity index (χ0v) is 15.1. The van der Waals surface area contributed by atoms with Gasteiger partial charge < -0.3 is 19.9 Å². The largest absolute Gasteiger partial charge is 0.505 e. The number of hydrogen-bond donors (Lipinski definition) is 2. The number of para-hydroxylation sites is 1. The van der Waals surface area contributed by atoms with Crippen LogP contribution >= 0.6 is 0 Å². The van der Waals surface area contributed by atoms with Crippen LogP contribution in [0, 0.1) is 0 Å². The molecule has 2 N–H and O–H groups in total. The quantitative estimate of drug-likeness (QED) is 0.640. The Morgan fingerprint density at radius 3 is 2.46 bits per heavy atom. The van der Waals surface area contributed by atoms with Crippen LogP contribution in [0.5, 0.6) is 17.2 Å². The molecule has 0 aliphatic rings.